The number of hydrogen-bond acceptors (Lipinski definition) is 3. The summed E-state index contributed by atoms with van der Waals surface area (Å²) in [7, 11) is 3.94. The summed E-state index contributed by atoms with van der Waals surface area (Å²) in [6.07, 6.45) is 0.744. The molecule has 0 aliphatic heterocycles. The van der Waals surface area contributed by atoms with Crippen molar-refractivity contribution in [3.8, 4) is 0 Å². The Balaban J connectivity index is 3.62. The first kappa shape index (κ1) is 13.4. The molecule has 0 spiro atoms. The maximum absolute atomic E-state index is 11.4. The molecule has 1 amide bonds. The molecular formula is C10H23N3O. The molecule has 14 heavy (non-hydrogen) atoms. The lowest BCUT2D eigenvalue weighted by atomic mass is 10.0. The van der Waals surface area contributed by atoms with E-state index in [0.29, 0.717) is 12.5 Å². The first-order valence-corrected chi connectivity index (χ1v) is 5.11. The van der Waals surface area contributed by atoms with Crippen LogP contribution in [0, 0.1) is 5.92 Å². The fourth-order valence-corrected chi connectivity index (χ4v) is 1.15. The molecule has 4 heteroatoms. The van der Waals surface area contributed by atoms with Crippen LogP contribution in [0.3, 0.4) is 0 Å². The zero-order valence-corrected chi connectivity index (χ0v) is 9.71. The Morgan fingerprint density at radius 3 is 2.43 bits per heavy atom. The molecule has 0 fully saturated rings. The minimum Gasteiger partial charge on any atom is -0.353 e. The van der Waals surface area contributed by atoms with Gasteiger partial charge in [0.25, 0.3) is 0 Å². The molecule has 0 unspecified atom stereocenters. The molecule has 0 aromatic carbocycles. The summed E-state index contributed by atoms with van der Waals surface area (Å²) in [5, 5.41) is 2.81. The highest BCUT2D eigenvalue weighted by Gasteiger charge is 2.13. The van der Waals surface area contributed by atoms with Crippen molar-refractivity contribution >= 4 is 5.91 Å². The van der Waals surface area contributed by atoms with Crippen molar-refractivity contribution in [1.82, 2.24) is 10.2 Å². The van der Waals surface area contributed by atoms with Crippen molar-refractivity contribution in [2.75, 3.05) is 27.2 Å². The van der Waals surface area contributed by atoms with Gasteiger partial charge in [-0.15, -0.1) is 0 Å². The van der Waals surface area contributed by atoms with Crippen molar-refractivity contribution < 1.29 is 4.79 Å². The van der Waals surface area contributed by atoms with E-state index >= 15 is 0 Å². The standard InChI is InChI=1S/C10H23N3O/c1-8(2)7-9(11)10(14)12-5-6-13(3)4/h8-9H,5-7,11H2,1-4H3,(H,12,14)/t9-/m0/s1. The van der Waals surface area contributed by atoms with Crippen LogP contribution in [0.1, 0.15) is 20.3 Å². The largest absolute Gasteiger partial charge is 0.353 e. The Morgan fingerprint density at radius 1 is 1.43 bits per heavy atom. The summed E-state index contributed by atoms with van der Waals surface area (Å²) < 4.78 is 0. The highest BCUT2D eigenvalue weighted by molar-refractivity contribution is 5.81. The van der Waals surface area contributed by atoms with Gasteiger partial charge < -0.3 is 16.0 Å². The smallest absolute Gasteiger partial charge is 0.236 e. The van der Waals surface area contributed by atoms with Crippen LogP contribution < -0.4 is 11.1 Å². The van der Waals surface area contributed by atoms with Gasteiger partial charge in [-0.3, -0.25) is 4.79 Å². The van der Waals surface area contributed by atoms with Crippen LogP contribution in [-0.2, 0) is 4.79 Å². The van der Waals surface area contributed by atoms with Crippen molar-refractivity contribution in [2.45, 2.75) is 26.3 Å². The molecule has 0 rings (SSSR count). The highest BCUT2D eigenvalue weighted by atomic mass is 16.2. The van der Waals surface area contributed by atoms with Gasteiger partial charge in [0, 0.05) is 13.1 Å². The second-order valence-corrected chi connectivity index (χ2v) is 4.33. The average Bonchev–Trinajstić information content (AvgIpc) is 2.01. The highest BCUT2D eigenvalue weighted by Crippen LogP contribution is 2.02. The molecule has 4 nitrogen and oxygen atoms in total. The van der Waals surface area contributed by atoms with Crippen molar-refractivity contribution in [2.24, 2.45) is 11.7 Å². The minimum atomic E-state index is -0.364. The van der Waals surface area contributed by atoms with Gasteiger partial charge in [-0.05, 0) is 26.4 Å². The van der Waals surface area contributed by atoms with E-state index in [-0.39, 0.29) is 11.9 Å². The quantitative estimate of drug-likeness (QED) is 0.638. The predicted octanol–water partition coefficient (Wildman–Crippen LogP) is 0.0376. The van der Waals surface area contributed by atoms with Gasteiger partial charge in [-0.1, -0.05) is 13.8 Å². The van der Waals surface area contributed by atoms with E-state index in [1.807, 2.05) is 19.0 Å². The van der Waals surface area contributed by atoms with Gasteiger partial charge in [0.2, 0.25) is 5.91 Å². The minimum absolute atomic E-state index is 0.0412. The van der Waals surface area contributed by atoms with Crippen molar-refractivity contribution in [3.05, 3.63) is 0 Å². The van der Waals surface area contributed by atoms with Gasteiger partial charge in [0.1, 0.15) is 0 Å². The predicted molar refractivity (Wildman–Crippen MR) is 59.0 cm³/mol. The van der Waals surface area contributed by atoms with E-state index in [1.165, 1.54) is 0 Å². The molecule has 0 saturated carbocycles. The lowest BCUT2D eigenvalue weighted by Gasteiger charge is -2.15. The molecule has 0 aromatic rings. The molecule has 0 saturated heterocycles. The maximum atomic E-state index is 11.4. The van der Waals surface area contributed by atoms with Crippen molar-refractivity contribution in [1.29, 1.82) is 0 Å². The zero-order chi connectivity index (χ0) is 11.1. The summed E-state index contributed by atoms with van der Waals surface area (Å²) in [5.41, 5.74) is 5.71. The van der Waals surface area contributed by atoms with Gasteiger partial charge in [-0.25, -0.2) is 0 Å². The monoisotopic (exact) mass is 201 g/mol. The third-order valence-corrected chi connectivity index (χ3v) is 1.92. The molecule has 0 aromatic heterocycles. The fraction of sp³-hybridized carbons (Fsp3) is 0.900. The van der Waals surface area contributed by atoms with E-state index in [4.69, 9.17) is 5.73 Å². The first-order valence-electron chi connectivity index (χ1n) is 5.11. The normalized spacial score (nSPS) is 13.4. The lowest BCUT2D eigenvalue weighted by molar-refractivity contribution is -0.122. The molecule has 0 aliphatic rings. The molecule has 3 N–H and O–H groups in total. The summed E-state index contributed by atoms with van der Waals surface area (Å²) in [6, 6.07) is -0.364. The number of likely N-dealkylation sites (N-methyl/N-ethyl adjacent to an activating group) is 1. The van der Waals surface area contributed by atoms with Crippen LogP contribution in [0.4, 0.5) is 0 Å². The van der Waals surface area contributed by atoms with Crippen LogP contribution in [-0.4, -0.2) is 44.0 Å². The average molecular weight is 201 g/mol. The number of carbonyl (C=O) groups excluding carboxylic acids is 1. The third kappa shape index (κ3) is 6.86. The number of rotatable bonds is 6. The number of hydrogen-bond donors (Lipinski definition) is 2. The molecule has 1 atom stereocenters. The van der Waals surface area contributed by atoms with Crippen LogP contribution >= 0.6 is 0 Å². The number of nitrogens with two attached hydrogens (primary N) is 1. The summed E-state index contributed by atoms with van der Waals surface area (Å²) in [4.78, 5) is 13.4. The molecule has 0 heterocycles. The number of nitrogens with zero attached hydrogens (tertiary/aromatic N) is 1. The number of amides is 1. The molecule has 84 valence electrons. The molecule has 0 bridgehead atoms. The van der Waals surface area contributed by atoms with Crippen molar-refractivity contribution in [3.63, 3.8) is 0 Å². The lowest BCUT2D eigenvalue weighted by Crippen LogP contribution is -2.43. The van der Waals surface area contributed by atoms with Gasteiger partial charge >= 0.3 is 0 Å². The molecule has 0 aliphatic carbocycles. The SMILES string of the molecule is CC(C)C[C@H](N)C(=O)NCCN(C)C. The fourth-order valence-electron chi connectivity index (χ4n) is 1.15. The van der Waals surface area contributed by atoms with Crippen LogP contribution in [0.5, 0.6) is 0 Å². The van der Waals surface area contributed by atoms with E-state index in [9.17, 15) is 4.79 Å². The van der Waals surface area contributed by atoms with E-state index in [0.717, 1.165) is 13.0 Å². The Morgan fingerprint density at radius 2 is 2.00 bits per heavy atom. The second kappa shape index (κ2) is 6.79. The Kier molecular flexibility index (Phi) is 6.49. The van der Waals surface area contributed by atoms with Gasteiger partial charge in [0.15, 0.2) is 0 Å². The van der Waals surface area contributed by atoms with Gasteiger partial charge in [0.05, 0.1) is 6.04 Å². The summed E-state index contributed by atoms with van der Waals surface area (Å²) in [5.74, 6) is 0.421. The number of carbonyl (C=O) groups is 1. The summed E-state index contributed by atoms with van der Waals surface area (Å²) in [6.45, 7) is 5.64. The maximum Gasteiger partial charge on any atom is 0.236 e. The van der Waals surface area contributed by atoms with Crippen LogP contribution in [0.15, 0.2) is 0 Å². The number of nitrogens with one attached hydrogen (secondary N) is 1. The van der Waals surface area contributed by atoms with Crippen LogP contribution in [0.2, 0.25) is 0 Å². The zero-order valence-electron chi connectivity index (χ0n) is 9.71. The van der Waals surface area contributed by atoms with E-state index < -0.39 is 0 Å². The van der Waals surface area contributed by atoms with E-state index in [1.54, 1.807) is 0 Å². The van der Waals surface area contributed by atoms with Gasteiger partial charge in [-0.2, -0.15) is 0 Å². The first-order chi connectivity index (χ1) is 6.43. The molecular weight excluding hydrogens is 178 g/mol. The summed E-state index contributed by atoms with van der Waals surface area (Å²) >= 11 is 0. The van der Waals surface area contributed by atoms with Crippen LogP contribution in [0.25, 0.3) is 0 Å². The Hall–Kier alpha value is -0.610. The Labute approximate surface area is 86.8 Å². The second-order valence-electron chi connectivity index (χ2n) is 4.33. The third-order valence-electron chi connectivity index (χ3n) is 1.92. The molecule has 0 radical (unpaired) electrons. The van der Waals surface area contributed by atoms with E-state index in [2.05, 4.69) is 19.2 Å². The Bertz CT molecular complexity index is 169. The topological polar surface area (TPSA) is 58.4 Å².